The van der Waals surface area contributed by atoms with Crippen LogP contribution >= 0.6 is 23.2 Å². The van der Waals surface area contributed by atoms with E-state index in [4.69, 9.17) is 28.9 Å². The Balaban J connectivity index is 2.03. The normalized spacial score (nSPS) is 19.6. The molecule has 3 nitrogen and oxygen atoms in total. The third-order valence-corrected chi connectivity index (χ3v) is 5.15. The zero-order valence-corrected chi connectivity index (χ0v) is 13.3. The molecular weight excluding hydrogens is 293 g/mol. The van der Waals surface area contributed by atoms with Crippen LogP contribution in [0.2, 0.25) is 10.0 Å². The van der Waals surface area contributed by atoms with Gasteiger partial charge in [0.25, 0.3) is 0 Å². The van der Waals surface area contributed by atoms with Gasteiger partial charge < -0.3 is 10.3 Å². The summed E-state index contributed by atoms with van der Waals surface area (Å²) in [4.78, 5) is 4.42. The van der Waals surface area contributed by atoms with Crippen LogP contribution in [-0.2, 0) is 0 Å². The van der Waals surface area contributed by atoms with Gasteiger partial charge in [0.2, 0.25) is 5.95 Å². The number of hydrogen-bond acceptors (Lipinski definition) is 2. The Bertz CT molecular complexity index is 651. The van der Waals surface area contributed by atoms with Crippen molar-refractivity contribution in [2.75, 3.05) is 5.73 Å². The van der Waals surface area contributed by atoms with Gasteiger partial charge in [0.05, 0.1) is 21.1 Å². The summed E-state index contributed by atoms with van der Waals surface area (Å²) in [5.74, 6) is 0.558. The lowest BCUT2D eigenvalue weighted by Crippen LogP contribution is -2.24. The van der Waals surface area contributed by atoms with Crippen LogP contribution in [0.5, 0.6) is 0 Å². The smallest absolute Gasteiger partial charge is 0.201 e. The van der Waals surface area contributed by atoms with Gasteiger partial charge in [0.15, 0.2) is 0 Å². The number of aromatic nitrogens is 2. The number of nitrogen functional groups attached to an aromatic ring is 1. The van der Waals surface area contributed by atoms with E-state index < -0.39 is 0 Å². The number of nitrogens with two attached hydrogens (primary N) is 1. The van der Waals surface area contributed by atoms with Crippen molar-refractivity contribution in [2.45, 2.75) is 45.6 Å². The van der Waals surface area contributed by atoms with Crippen LogP contribution in [0, 0.1) is 5.41 Å². The van der Waals surface area contributed by atoms with Gasteiger partial charge in [-0.3, -0.25) is 0 Å². The van der Waals surface area contributed by atoms with Gasteiger partial charge in [-0.1, -0.05) is 37.0 Å². The fourth-order valence-corrected chi connectivity index (χ4v) is 3.45. The highest BCUT2D eigenvalue weighted by atomic mass is 35.5. The number of nitrogens with zero attached hydrogens (tertiary/aromatic N) is 2. The zero-order valence-electron chi connectivity index (χ0n) is 11.8. The topological polar surface area (TPSA) is 43.8 Å². The molecule has 1 aliphatic carbocycles. The van der Waals surface area contributed by atoms with Crippen LogP contribution in [-0.4, -0.2) is 9.55 Å². The predicted octanol–water partition coefficient (Wildman–Crippen LogP) is 5.07. The summed E-state index contributed by atoms with van der Waals surface area (Å²) in [5.41, 5.74) is 8.36. The van der Waals surface area contributed by atoms with E-state index in [9.17, 15) is 0 Å². The number of halogens is 2. The molecule has 5 heteroatoms. The van der Waals surface area contributed by atoms with E-state index in [0.717, 1.165) is 23.9 Å². The monoisotopic (exact) mass is 311 g/mol. The van der Waals surface area contributed by atoms with E-state index in [-0.39, 0.29) is 0 Å². The van der Waals surface area contributed by atoms with E-state index >= 15 is 0 Å². The predicted molar refractivity (Wildman–Crippen MR) is 85.5 cm³/mol. The fourth-order valence-electron chi connectivity index (χ4n) is 3.14. The van der Waals surface area contributed by atoms with Gasteiger partial charge in [-0.2, -0.15) is 0 Å². The summed E-state index contributed by atoms with van der Waals surface area (Å²) in [6, 6.07) is 4.08. The minimum Gasteiger partial charge on any atom is -0.369 e. The summed E-state index contributed by atoms with van der Waals surface area (Å²) in [5, 5.41) is 1.07. The third kappa shape index (κ3) is 2.38. The molecule has 1 heterocycles. The van der Waals surface area contributed by atoms with Crippen LogP contribution in [0.3, 0.4) is 0 Å². The molecule has 1 aromatic carbocycles. The summed E-state index contributed by atoms with van der Waals surface area (Å²) < 4.78 is 2.13. The summed E-state index contributed by atoms with van der Waals surface area (Å²) in [7, 11) is 0. The van der Waals surface area contributed by atoms with Crippen molar-refractivity contribution in [2.24, 2.45) is 5.41 Å². The van der Waals surface area contributed by atoms with Crippen LogP contribution in [0.25, 0.3) is 11.0 Å². The van der Waals surface area contributed by atoms with Gasteiger partial charge in [0, 0.05) is 6.04 Å². The molecular formula is C15H19Cl2N3. The van der Waals surface area contributed by atoms with Crippen molar-refractivity contribution < 1.29 is 0 Å². The minimum atomic E-state index is 0.408. The van der Waals surface area contributed by atoms with Crippen molar-refractivity contribution >= 4 is 40.2 Å². The molecule has 0 radical (unpaired) electrons. The Morgan fingerprint density at radius 1 is 1.20 bits per heavy atom. The first kappa shape index (κ1) is 14.0. The summed E-state index contributed by atoms with van der Waals surface area (Å²) >= 11 is 12.2. The Hall–Kier alpha value is -0.930. The highest BCUT2D eigenvalue weighted by Crippen LogP contribution is 2.42. The van der Waals surface area contributed by atoms with Gasteiger partial charge in [0.1, 0.15) is 0 Å². The number of benzene rings is 1. The molecule has 0 bridgehead atoms. The molecule has 0 amide bonds. The Labute approximate surface area is 129 Å². The first-order chi connectivity index (χ1) is 9.37. The SMILES string of the molecule is CC1(C)CCC(n2c(N)nc3cc(Cl)c(Cl)cc32)CC1. The highest BCUT2D eigenvalue weighted by molar-refractivity contribution is 6.42. The van der Waals surface area contributed by atoms with Crippen molar-refractivity contribution in [1.29, 1.82) is 0 Å². The molecule has 1 fully saturated rings. The maximum atomic E-state index is 6.14. The van der Waals surface area contributed by atoms with E-state index in [1.165, 1.54) is 12.8 Å². The lowest BCUT2D eigenvalue weighted by molar-refractivity contribution is 0.197. The number of rotatable bonds is 1. The average Bonchev–Trinajstić information content (AvgIpc) is 2.66. The quantitative estimate of drug-likeness (QED) is 0.799. The average molecular weight is 312 g/mol. The number of imidazole rings is 1. The molecule has 2 N–H and O–H groups in total. The van der Waals surface area contributed by atoms with Crippen molar-refractivity contribution in [1.82, 2.24) is 9.55 Å². The highest BCUT2D eigenvalue weighted by Gasteiger charge is 2.29. The lowest BCUT2D eigenvalue weighted by atomic mass is 9.75. The summed E-state index contributed by atoms with van der Waals surface area (Å²) in [6.45, 7) is 4.66. The van der Waals surface area contributed by atoms with Gasteiger partial charge in [-0.05, 0) is 43.2 Å². The van der Waals surface area contributed by atoms with E-state index in [1.807, 2.05) is 6.07 Å². The number of hydrogen-bond donors (Lipinski definition) is 1. The summed E-state index contributed by atoms with van der Waals surface area (Å²) in [6.07, 6.45) is 4.67. The number of anilines is 1. The Morgan fingerprint density at radius 3 is 2.45 bits per heavy atom. The molecule has 0 aliphatic heterocycles. The standard InChI is InChI=1S/C15H19Cl2N3/c1-15(2)5-3-9(4-6-15)20-13-8-11(17)10(16)7-12(13)19-14(20)18/h7-9H,3-6H2,1-2H3,(H2,18,19). The van der Waals surface area contributed by atoms with Gasteiger partial charge in [-0.15, -0.1) is 0 Å². The minimum absolute atomic E-state index is 0.408. The van der Waals surface area contributed by atoms with Crippen LogP contribution in [0.1, 0.15) is 45.6 Å². The molecule has 2 aromatic rings. The lowest BCUT2D eigenvalue weighted by Gasteiger charge is -2.35. The molecule has 1 aliphatic rings. The molecule has 3 rings (SSSR count). The Morgan fingerprint density at radius 2 is 1.80 bits per heavy atom. The molecule has 0 atom stereocenters. The maximum absolute atomic E-state index is 6.14. The van der Waals surface area contributed by atoms with Gasteiger partial charge in [-0.25, -0.2) is 4.98 Å². The molecule has 0 spiro atoms. The molecule has 1 saturated carbocycles. The zero-order chi connectivity index (χ0) is 14.5. The first-order valence-corrected chi connectivity index (χ1v) is 7.75. The van der Waals surface area contributed by atoms with E-state index in [2.05, 4.69) is 23.4 Å². The van der Waals surface area contributed by atoms with E-state index in [1.54, 1.807) is 6.07 Å². The largest absolute Gasteiger partial charge is 0.369 e. The molecule has 20 heavy (non-hydrogen) atoms. The number of fused-ring (bicyclic) bond motifs is 1. The maximum Gasteiger partial charge on any atom is 0.201 e. The van der Waals surface area contributed by atoms with Crippen LogP contribution in [0.15, 0.2) is 12.1 Å². The third-order valence-electron chi connectivity index (χ3n) is 4.43. The van der Waals surface area contributed by atoms with Gasteiger partial charge >= 0.3 is 0 Å². The molecule has 108 valence electrons. The first-order valence-electron chi connectivity index (χ1n) is 7.00. The van der Waals surface area contributed by atoms with E-state index in [0.29, 0.717) is 27.5 Å². The van der Waals surface area contributed by atoms with Crippen molar-refractivity contribution in [3.05, 3.63) is 22.2 Å². The fraction of sp³-hybridized carbons (Fsp3) is 0.533. The second-order valence-corrected chi connectivity index (χ2v) is 7.30. The van der Waals surface area contributed by atoms with Crippen molar-refractivity contribution in [3.8, 4) is 0 Å². The molecule has 0 saturated heterocycles. The van der Waals surface area contributed by atoms with Crippen LogP contribution in [0.4, 0.5) is 5.95 Å². The second-order valence-electron chi connectivity index (χ2n) is 6.49. The molecule has 1 aromatic heterocycles. The molecule has 0 unspecified atom stereocenters. The Kier molecular flexibility index (Phi) is 3.38. The second kappa shape index (κ2) is 4.81. The van der Waals surface area contributed by atoms with Crippen LogP contribution < -0.4 is 5.73 Å². The van der Waals surface area contributed by atoms with Crippen molar-refractivity contribution in [3.63, 3.8) is 0 Å².